The molecule has 1 aromatic rings. The molecule has 2 heterocycles. The molecule has 0 radical (unpaired) electrons. The van der Waals surface area contributed by atoms with Gasteiger partial charge in [-0.3, -0.25) is 14.4 Å². The summed E-state index contributed by atoms with van der Waals surface area (Å²) in [5.74, 6) is -1.47. The van der Waals surface area contributed by atoms with Crippen LogP contribution in [0.15, 0.2) is 24.3 Å². The van der Waals surface area contributed by atoms with Gasteiger partial charge in [0.15, 0.2) is 9.84 Å². The van der Waals surface area contributed by atoms with E-state index >= 15 is 0 Å². The molecule has 5 atom stereocenters. The zero-order valence-electron chi connectivity index (χ0n) is 20.8. The number of fused-ring (bicyclic) bond motifs is 2. The Kier molecular flexibility index (Phi) is 6.98. The van der Waals surface area contributed by atoms with Gasteiger partial charge in [0.2, 0.25) is 17.7 Å². The van der Waals surface area contributed by atoms with Crippen LogP contribution < -0.4 is 16.0 Å². The second-order valence-corrected chi connectivity index (χ2v) is 13.0. The third kappa shape index (κ3) is 4.82. The monoisotopic (exact) mass is 504 g/mol. The van der Waals surface area contributed by atoms with E-state index in [0.29, 0.717) is 0 Å². The van der Waals surface area contributed by atoms with Crippen molar-refractivity contribution < 1.29 is 22.8 Å². The fraction of sp³-hybridized carbons (Fsp3) is 0.640. The third-order valence-electron chi connectivity index (χ3n) is 7.76. The fourth-order valence-corrected chi connectivity index (χ4v) is 7.78. The molecule has 1 aromatic carbocycles. The van der Waals surface area contributed by atoms with Crippen LogP contribution in [0, 0.1) is 5.41 Å². The van der Waals surface area contributed by atoms with Gasteiger partial charge in [-0.1, -0.05) is 38.1 Å². The number of sulfone groups is 1. The Morgan fingerprint density at radius 2 is 1.83 bits per heavy atom. The molecule has 0 saturated carbocycles. The first-order valence-corrected chi connectivity index (χ1v) is 14.1. The van der Waals surface area contributed by atoms with Crippen molar-refractivity contribution in [1.29, 1.82) is 0 Å². The first-order valence-electron chi connectivity index (χ1n) is 12.4. The van der Waals surface area contributed by atoms with Crippen LogP contribution in [0.2, 0.25) is 0 Å². The molecule has 3 N–H and O–H groups in total. The highest BCUT2D eigenvalue weighted by molar-refractivity contribution is 7.92. The Labute approximate surface area is 207 Å². The van der Waals surface area contributed by atoms with Crippen molar-refractivity contribution in [2.75, 3.05) is 12.8 Å². The predicted octanol–water partition coefficient (Wildman–Crippen LogP) is 1.04. The second kappa shape index (κ2) is 9.54. The van der Waals surface area contributed by atoms with Crippen LogP contribution in [0.25, 0.3) is 0 Å². The number of carbonyl (C=O) groups excluding carboxylic acids is 3. The molecule has 2 aliphatic heterocycles. The molecule has 0 aromatic heterocycles. The molecule has 3 aliphatic rings. The van der Waals surface area contributed by atoms with Gasteiger partial charge in [0.1, 0.15) is 17.5 Å². The van der Waals surface area contributed by atoms with Crippen LogP contribution in [0.1, 0.15) is 63.6 Å². The summed E-state index contributed by atoms with van der Waals surface area (Å²) in [6.07, 6.45) is 2.84. The second-order valence-electron chi connectivity index (χ2n) is 10.7. The number of benzene rings is 1. The molecular weight excluding hydrogens is 468 g/mol. The summed E-state index contributed by atoms with van der Waals surface area (Å²) in [5, 5.41) is 7.58. The molecular formula is C25H36N4O5S. The number of rotatable bonds is 5. The highest BCUT2D eigenvalue weighted by Crippen LogP contribution is 2.44. The van der Waals surface area contributed by atoms with E-state index in [0.717, 1.165) is 24.8 Å². The fourth-order valence-electron chi connectivity index (χ4n) is 5.69. The van der Waals surface area contributed by atoms with Gasteiger partial charge >= 0.3 is 0 Å². The molecule has 1 aliphatic carbocycles. The van der Waals surface area contributed by atoms with E-state index in [4.69, 9.17) is 0 Å². The van der Waals surface area contributed by atoms with Crippen molar-refractivity contribution in [1.82, 2.24) is 20.9 Å². The Hall–Kier alpha value is -2.46. The van der Waals surface area contributed by atoms with Gasteiger partial charge in [0, 0.05) is 0 Å². The highest BCUT2D eigenvalue weighted by atomic mass is 32.2. The van der Waals surface area contributed by atoms with E-state index in [1.54, 1.807) is 14.0 Å². The normalized spacial score (nSPS) is 29.9. The van der Waals surface area contributed by atoms with E-state index < -0.39 is 44.7 Å². The molecule has 0 spiro atoms. The van der Waals surface area contributed by atoms with Crippen LogP contribution >= 0.6 is 0 Å². The minimum atomic E-state index is -3.69. The Balaban J connectivity index is 1.64. The number of aryl methyl sites for hydroxylation is 1. The van der Waals surface area contributed by atoms with E-state index in [2.05, 4.69) is 22.0 Å². The van der Waals surface area contributed by atoms with Gasteiger partial charge < -0.3 is 20.9 Å². The van der Waals surface area contributed by atoms with Gasteiger partial charge in [-0.05, 0) is 62.6 Å². The summed E-state index contributed by atoms with van der Waals surface area (Å²) in [6, 6.07) is 5.32. The van der Waals surface area contributed by atoms with Crippen molar-refractivity contribution in [3.63, 3.8) is 0 Å². The Morgan fingerprint density at radius 1 is 1.11 bits per heavy atom. The first kappa shape index (κ1) is 25.6. The lowest BCUT2D eigenvalue weighted by Gasteiger charge is -2.36. The average Bonchev–Trinajstić information content (AvgIpc) is 3.08. The number of amides is 3. The largest absolute Gasteiger partial charge is 0.347 e. The smallest absolute Gasteiger partial charge is 0.246 e. The molecule has 2 fully saturated rings. The number of hydrogen-bond donors (Lipinski definition) is 3. The van der Waals surface area contributed by atoms with Crippen LogP contribution in [-0.4, -0.2) is 67.3 Å². The number of nitrogens with one attached hydrogen (secondary N) is 3. The first-order chi connectivity index (χ1) is 16.5. The van der Waals surface area contributed by atoms with Gasteiger partial charge in [0.05, 0.1) is 17.8 Å². The molecule has 3 amide bonds. The van der Waals surface area contributed by atoms with Gasteiger partial charge in [-0.2, -0.15) is 0 Å². The highest BCUT2D eigenvalue weighted by Gasteiger charge is 2.58. The summed E-state index contributed by atoms with van der Waals surface area (Å²) in [5.41, 5.74) is 1.51. The summed E-state index contributed by atoms with van der Waals surface area (Å²) >= 11 is 0. The van der Waals surface area contributed by atoms with Crippen molar-refractivity contribution in [3.05, 3.63) is 35.4 Å². The van der Waals surface area contributed by atoms with Crippen LogP contribution in [-0.2, 0) is 30.6 Å². The van der Waals surface area contributed by atoms with E-state index in [1.165, 1.54) is 10.5 Å². The lowest BCUT2D eigenvalue weighted by Crippen LogP contribution is -2.58. The summed E-state index contributed by atoms with van der Waals surface area (Å²) < 4.78 is 26.4. The predicted molar refractivity (Wildman–Crippen MR) is 132 cm³/mol. The molecule has 2 saturated heterocycles. The minimum Gasteiger partial charge on any atom is -0.347 e. The maximum Gasteiger partial charge on any atom is 0.246 e. The van der Waals surface area contributed by atoms with Crippen molar-refractivity contribution in [3.8, 4) is 0 Å². The van der Waals surface area contributed by atoms with Crippen molar-refractivity contribution >= 4 is 27.6 Å². The van der Waals surface area contributed by atoms with Gasteiger partial charge in [0.25, 0.3) is 0 Å². The molecule has 2 unspecified atom stereocenters. The zero-order valence-corrected chi connectivity index (χ0v) is 21.7. The maximum absolute atomic E-state index is 13.7. The van der Waals surface area contributed by atoms with Crippen LogP contribution in [0.4, 0.5) is 0 Å². The minimum absolute atomic E-state index is 0.0128. The Bertz CT molecular complexity index is 1120. The van der Waals surface area contributed by atoms with E-state index in [9.17, 15) is 22.8 Å². The number of nitrogens with zero attached hydrogens (tertiary/aromatic N) is 1. The summed E-state index contributed by atoms with van der Waals surface area (Å²) in [6.45, 7) is 5.33. The SMILES string of the molecule is CN[C@@H](C)C(=O)N[C@H]1CCS(=O)(=O)[C@H]2CC(C)(C)C(C(=O)NC3CCCc4ccccc43)N2C1=O. The summed E-state index contributed by atoms with van der Waals surface area (Å²) in [7, 11) is -2.05. The molecule has 35 heavy (non-hydrogen) atoms. The molecule has 10 heteroatoms. The van der Waals surface area contributed by atoms with Crippen molar-refractivity contribution in [2.24, 2.45) is 5.41 Å². The lowest BCUT2D eigenvalue weighted by atomic mass is 9.83. The van der Waals surface area contributed by atoms with Crippen LogP contribution in [0.5, 0.6) is 0 Å². The molecule has 9 nitrogen and oxygen atoms in total. The number of carbonyl (C=O) groups is 3. The third-order valence-corrected chi connectivity index (χ3v) is 9.79. The van der Waals surface area contributed by atoms with Crippen LogP contribution in [0.3, 0.4) is 0 Å². The Morgan fingerprint density at radius 3 is 2.54 bits per heavy atom. The van der Waals surface area contributed by atoms with Gasteiger partial charge in [-0.25, -0.2) is 8.42 Å². The lowest BCUT2D eigenvalue weighted by molar-refractivity contribution is -0.144. The average molecular weight is 505 g/mol. The van der Waals surface area contributed by atoms with Crippen molar-refractivity contribution in [2.45, 2.75) is 82.4 Å². The zero-order chi connectivity index (χ0) is 25.5. The van der Waals surface area contributed by atoms with Gasteiger partial charge in [-0.15, -0.1) is 0 Å². The molecule has 0 bridgehead atoms. The quantitative estimate of drug-likeness (QED) is 0.551. The molecule has 4 rings (SSSR count). The van der Waals surface area contributed by atoms with E-state index in [-0.39, 0.29) is 36.5 Å². The number of likely N-dealkylation sites (N-methyl/N-ethyl adjacent to an activating group) is 1. The van der Waals surface area contributed by atoms with E-state index in [1.807, 2.05) is 32.0 Å². The maximum atomic E-state index is 13.7. The summed E-state index contributed by atoms with van der Waals surface area (Å²) in [4.78, 5) is 41.2. The number of hydrogen-bond acceptors (Lipinski definition) is 6. The molecule has 192 valence electrons. The standard InChI is InChI=1S/C25H36N4O5S/c1-15(26-4)22(30)28-19-12-13-35(33,34)20-14-25(2,3)21(29(20)24(19)32)23(31)27-18-11-7-9-16-8-5-6-10-17(16)18/h5-6,8,10,15,18-21,26H,7,9,11-14H2,1-4H3,(H,27,31)(H,28,30)/t15-,18?,19-,20-,21?/m0/s1. The topological polar surface area (TPSA) is 125 Å².